The van der Waals surface area contributed by atoms with E-state index in [0.29, 0.717) is 30.7 Å². The maximum absolute atomic E-state index is 12.5. The van der Waals surface area contributed by atoms with Crippen molar-refractivity contribution in [2.24, 2.45) is 11.8 Å². The van der Waals surface area contributed by atoms with Crippen LogP contribution < -0.4 is 0 Å². The van der Waals surface area contributed by atoms with Crippen LogP contribution in [0.4, 0.5) is 0 Å². The van der Waals surface area contributed by atoms with Crippen LogP contribution in [0.15, 0.2) is 16.7 Å². The summed E-state index contributed by atoms with van der Waals surface area (Å²) in [6.45, 7) is 7.36. The Morgan fingerprint density at radius 1 is 1.27 bits per heavy atom. The number of hydrogen-bond acceptors (Lipinski definition) is 5. The third-order valence-electron chi connectivity index (χ3n) is 6.17. The van der Waals surface area contributed by atoms with Gasteiger partial charge in [0.15, 0.2) is 5.76 Å². The predicted octanol–water partition coefficient (Wildman–Crippen LogP) is 2.65. The summed E-state index contributed by atoms with van der Waals surface area (Å²) in [6, 6.07) is 1.83. The zero-order chi connectivity index (χ0) is 18.0. The molecule has 144 valence electrons. The molecule has 4 heterocycles. The Morgan fingerprint density at radius 3 is 2.81 bits per heavy atom. The van der Waals surface area contributed by atoms with Crippen LogP contribution in [0.1, 0.15) is 41.8 Å². The molecule has 0 bridgehead atoms. The Kier molecular flexibility index (Phi) is 5.34. The Morgan fingerprint density at radius 2 is 2.08 bits per heavy atom. The van der Waals surface area contributed by atoms with E-state index in [-0.39, 0.29) is 11.5 Å². The molecule has 3 aliphatic heterocycles. The second-order valence-electron chi connectivity index (χ2n) is 7.91. The lowest BCUT2D eigenvalue weighted by Crippen LogP contribution is -2.66. The molecule has 0 N–H and O–H groups in total. The molecule has 0 radical (unpaired) electrons. The summed E-state index contributed by atoms with van der Waals surface area (Å²) < 4.78 is 22.7. The third-order valence-corrected chi connectivity index (χ3v) is 6.17. The van der Waals surface area contributed by atoms with Crippen LogP contribution in [0.25, 0.3) is 0 Å². The van der Waals surface area contributed by atoms with Gasteiger partial charge in [-0.3, -0.25) is 4.79 Å². The molecule has 0 saturated carbocycles. The van der Waals surface area contributed by atoms with E-state index in [1.165, 1.54) is 0 Å². The second-order valence-corrected chi connectivity index (χ2v) is 7.91. The molecule has 1 amide bonds. The summed E-state index contributed by atoms with van der Waals surface area (Å²) in [4.78, 5) is 14.4. The number of carbonyl (C=O) groups is 1. The van der Waals surface area contributed by atoms with E-state index in [1.54, 1.807) is 6.26 Å². The fraction of sp³-hybridized carbons (Fsp3) is 0.750. The molecule has 3 fully saturated rings. The summed E-state index contributed by atoms with van der Waals surface area (Å²) >= 11 is 0. The normalized spacial score (nSPS) is 25.6. The summed E-state index contributed by atoms with van der Waals surface area (Å²) in [5.41, 5.74) is 0.722. The van der Waals surface area contributed by atoms with Crippen molar-refractivity contribution < 1.29 is 23.4 Å². The van der Waals surface area contributed by atoms with Gasteiger partial charge in [-0.1, -0.05) is 0 Å². The van der Waals surface area contributed by atoms with Gasteiger partial charge in [0.1, 0.15) is 5.60 Å². The highest BCUT2D eigenvalue weighted by Crippen LogP contribution is 2.42. The number of carbonyl (C=O) groups excluding carboxylic acids is 1. The van der Waals surface area contributed by atoms with Crippen LogP contribution in [0, 0.1) is 18.8 Å². The van der Waals surface area contributed by atoms with E-state index in [0.717, 1.165) is 64.3 Å². The van der Waals surface area contributed by atoms with E-state index in [2.05, 4.69) is 0 Å². The minimum Gasteiger partial charge on any atom is -0.459 e. The SMILES string of the molecule is Cc1ccoc1C(=O)N1CC2(C1)OCC[C@@H]2CCOCC1CCOCC1. The number of aryl methyl sites for hydroxylation is 1. The lowest BCUT2D eigenvalue weighted by molar-refractivity contribution is -0.121. The van der Waals surface area contributed by atoms with E-state index in [1.807, 2.05) is 17.9 Å². The molecule has 1 spiro atoms. The molecule has 1 atom stereocenters. The predicted molar refractivity (Wildman–Crippen MR) is 95.1 cm³/mol. The molecule has 1 aromatic heterocycles. The van der Waals surface area contributed by atoms with Gasteiger partial charge in [-0.15, -0.1) is 0 Å². The maximum atomic E-state index is 12.5. The first-order valence-electron chi connectivity index (χ1n) is 9.81. The van der Waals surface area contributed by atoms with Crippen molar-refractivity contribution >= 4 is 5.91 Å². The largest absolute Gasteiger partial charge is 0.459 e. The van der Waals surface area contributed by atoms with Crippen LogP contribution in [0.5, 0.6) is 0 Å². The van der Waals surface area contributed by atoms with Gasteiger partial charge in [-0.25, -0.2) is 0 Å². The lowest BCUT2D eigenvalue weighted by Gasteiger charge is -2.50. The molecule has 4 rings (SSSR count). The van der Waals surface area contributed by atoms with Crippen molar-refractivity contribution in [2.75, 3.05) is 46.1 Å². The number of ether oxygens (including phenoxy) is 3. The molecule has 0 unspecified atom stereocenters. The fourth-order valence-electron chi connectivity index (χ4n) is 4.41. The van der Waals surface area contributed by atoms with Gasteiger partial charge in [0.2, 0.25) is 0 Å². The quantitative estimate of drug-likeness (QED) is 0.727. The topological polar surface area (TPSA) is 61.1 Å². The molecule has 1 aromatic rings. The van der Waals surface area contributed by atoms with Gasteiger partial charge in [0, 0.05) is 38.6 Å². The van der Waals surface area contributed by atoms with Crippen molar-refractivity contribution in [3.05, 3.63) is 23.7 Å². The first-order chi connectivity index (χ1) is 12.7. The van der Waals surface area contributed by atoms with Gasteiger partial charge in [0.25, 0.3) is 5.91 Å². The van der Waals surface area contributed by atoms with Crippen molar-refractivity contribution in [1.82, 2.24) is 4.90 Å². The second kappa shape index (κ2) is 7.71. The lowest BCUT2D eigenvalue weighted by atomic mass is 9.79. The van der Waals surface area contributed by atoms with Crippen LogP contribution in [-0.4, -0.2) is 62.5 Å². The average molecular weight is 363 g/mol. The number of furan rings is 1. The van der Waals surface area contributed by atoms with Gasteiger partial charge < -0.3 is 23.5 Å². The fourth-order valence-corrected chi connectivity index (χ4v) is 4.41. The zero-order valence-corrected chi connectivity index (χ0v) is 15.6. The Balaban J connectivity index is 1.23. The minimum absolute atomic E-state index is 0.0249. The Hall–Kier alpha value is -1.37. The number of likely N-dealkylation sites (tertiary alicyclic amines) is 1. The minimum atomic E-state index is -0.168. The summed E-state index contributed by atoms with van der Waals surface area (Å²) in [6.07, 6.45) is 5.86. The van der Waals surface area contributed by atoms with E-state index in [9.17, 15) is 4.79 Å². The standard InChI is InChI=1S/C20H29NO5/c1-15-2-10-25-18(15)19(22)21-13-20(14-21)17(6-11-26-20)5-9-24-12-16-3-7-23-8-4-16/h2,10,16-17H,3-9,11-14H2,1H3/t17-/m0/s1. The molecular weight excluding hydrogens is 334 g/mol. The maximum Gasteiger partial charge on any atom is 0.290 e. The summed E-state index contributed by atoms with van der Waals surface area (Å²) in [5.74, 6) is 1.54. The molecule has 26 heavy (non-hydrogen) atoms. The molecular formula is C20H29NO5. The Labute approximate surface area is 154 Å². The van der Waals surface area contributed by atoms with Crippen molar-refractivity contribution in [1.29, 1.82) is 0 Å². The summed E-state index contributed by atoms with van der Waals surface area (Å²) in [5, 5.41) is 0. The van der Waals surface area contributed by atoms with Gasteiger partial charge in [-0.2, -0.15) is 0 Å². The summed E-state index contributed by atoms with van der Waals surface area (Å²) in [7, 11) is 0. The van der Waals surface area contributed by atoms with Gasteiger partial charge >= 0.3 is 0 Å². The zero-order valence-electron chi connectivity index (χ0n) is 15.6. The molecule has 6 heteroatoms. The van der Waals surface area contributed by atoms with Crippen LogP contribution in [0.3, 0.4) is 0 Å². The highest BCUT2D eigenvalue weighted by molar-refractivity contribution is 5.93. The van der Waals surface area contributed by atoms with Crippen LogP contribution in [0.2, 0.25) is 0 Å². The first kappa shape index (κ1) is 18.0. The number of hydrogen-bond donors (Lipinski definition) is 0. The van der Waals surface area contributed by atoms with E-state index in [4.69, 9.17) is 18.6 Å². The molecule has 6 nitrogen and oxygen atoms in total. The molecule has 0 aromatic carbocycles. The van der Waals surface area contributed by atoms with Crippen molar-refractivity contribution in [3.63, 3.8) is 0 Å². The van der Waals surface area contributed by atoms with Crippen LogP contribution in [-0.2, 0) is 14.2 Å². The average Bonchev–Trinajstić information content (AvgIpc) is 3.24. The van der Waals surface area contributed by atoms with Crippen molar-refractivity contribution in [3.8, 4) is 0 Å². The van der Waals surface area contributed by atoms with E-state index >= 15 is 0 Å². The Bertz CT molecular complexity index is 615. The van der Waals surface area contributed by atoms with E-state index < -0.39 is 0 Å². The van der Waals surface area contributed by atoms with Crippen LogP contribution >= 0.6 is 0 Å². The number of amides is 1. The third kappa shape index (κ3) is 3.55. The highest BCUT2D eigenvalue weighted by Gasteiger charge is 2.54. The van der Waals surface area contributed by atoms with Gasteiger partial charge in [0.05, 0.1) is 19.4 Å². The number of nitrogens with zero attached hydrogens (tertiary/aromatic N) is 1. The van der Waals surface area contributed by atoms with Gasteiger partial charge in [-0.05, 0) is 50.5 Å². The molecule has 3 saturated heterocycles. The number of rotatable bonds is 6. The molecule has 0 aliphatic carbocycles. The smallest absolute Gasteiger partial charge is 0.290 e. The monoisotopic (exact) mass is 363 g/mol. The highest BCUT2D eigenvalue weighted by atomic mass is 16.5. The van der Waals surface area contributed by atoms with Crippen molar-refractivity contribution in [2.45, 2.75) is 38.2 Å². The molecule has 3 aliphatic rings. The first-order valence-corrected chi connectivity index (χ1v) is 9.81.